The Morgan fingerprint density at radius 2 is 2.09 bits per heavy atom. The average Bonchev–Trinajstić information content (AvgIpc) is 2.52. The van der Waals surface area contributed by atoms with Crippen molar-refractivity contribution in [2.45, 2.75) is 25.4 Å². The smallest absolute Gasteiger partial charge is 0.0577 e. The number of hydrogen-bond donors (Lipinski definition) is 1. The number of aliphatic hydroxyl groups is 1. The van der Waals surface area contributed by atoms with Crippen LogP contribution in [0.3, 0.4) is 0 Å². The molecule has 0 aromatic rings. The molecule has 0 aromatic carbocycles. The fraction of sp³-hybridized carbons (Fsp3) is 0.800. The number of hydrogen-bond acceptors (Lipinski definition) is 1. The van der Waals surface area contributed by atoms with E-state index in [0.717, 1.165) is 24.2 Å². The molecule has 1 N–H and O–H groups in total. The zero-order chi connectivity index (χ0) is 7.42. The molecule has 3 rings (SSSR count). The summed E-state index contributed by atoms with van der Waals surface area (Å²) in [6.07, 6.45) is 8.38. The molecule has 0 spiro atoms. The molecule has 0 unspecified atom stereocenters. The van der Waals surface area contributed by atoms with Crippen molar-refractivity contribution >= 4 is 0 Å². The third kappa shape index (κ3) is 0.652. The third-order valence-corrected chi connectivity index (χ3v) is 3.97. The Kier molecular flexibility index (Phi) is 1.07. The van der Waals surface area contributed by atoms with Crippen LogP contribution in [0.5, 0.6) is 0 Å². The van der Waals surface area contributed by atoms with E-state index in [0.29, 0.717) is 5.92 Å². The van der Waals surface area contributed by atoms with Gasteiger partial charge in [-0.25, -0.2) is 0 Å². The van der Waals surface area contributed by atoms with Crippen LogP contribution >= 0.6 is 0 Å². The van der Waals surface area contributed by atoms with Crippen molar-refractivity contribution in [3.8, 4) is 0 Å². The molecule has 11 heavy (non-hydrogen) atoms. The largest absolute Gasteiger partial charge is 0.393 e. The first kappa shape index (κ1) is 6.24. The van der Waals surface area contributed by atoms with Crippen LogP contribution in [0.2, 0.25) is 0 Å². The monoisotopic (exact) mass is 150 g/mol. The summed E-state index contributed by atoms with van der Waals surface area (Å²) in [5.74, 6) is 3.16. The lowest BCUT2D eigenvalue weighted by atomic mass is 9.80. The summed E-state index contributed by atoms with van der Waals surface area (Å²) in [6, 6.07) is 0. The summed E-state index contributed by atoms with van der Waals surface area (Å²) in [4.78, 5) is 0. The second kappa shape index (κ2) is 1.89. The second-order valence-corrected chi connectivity index (χ2v) is 4.37. The minimum atomic E-state index is 0.0315. The highest BCUT2D eigenvalue weighted by atomic mass is 16.3. The van der Waals surface area contributed by atoms with Gasteiger partial charge in [-0.3, -0.25) is 0 Å². The van der Waals surface area contributed by atoms with Gasteiger partial charge in [-0.05, 0) is 42.9 Å². The van der Waals surface area contributed by atoms with E-state index >= 15 is 0 Å². The topological polar surface area (TPSA) is 20.2 Å². The maximum Gasteiger partial charge on any atom is 0.0577 e. The molecule has 2 fully saturated rings. The molecule has 2 saturated carbocycles. The minimum absolute atomic E-state index is 0.0315. The highest BCUT2D eigenvalue weighted by Crippen LogP contribution is 2.56. The van der Waals surface area contributed by atoms with Crippen LogP contribution in [0.25, 0.3) is 0 Å². The van der Waals surface area contributed by atoms with Gasteiger partial charge in [0.25, 0.3) is 0 Å². The normalized spacial score (nSPS) is 58.8. The van der Waals surface area contributed by atoms with Crippen LogP contribution in [0.1, 0.15) is 19.3 Å². The maximum absolute atomic E-state index is 9.63. The van der Waals surface area contributed by atoms with Crippen LogP contribution in [0.4, 0.5) is 0 Å². The van der Waals surface area contributed by atoms with Gasteiger partial charge in [0, 0.05) is 0 Å². The summed E-state index contributed by atoms with van der Waals surface area (Å²) < 4.78 is 0. The van der Waals surface area contributed by atoms with Gasteiger partial charge < -0.3 is 5.11 Å². The van der Waals surface area contributed by atoms with Crippen LogP contribution < -0.4 is 0 Å². The number of allylic oxidation sites excluding steroid dienone is 2. The van der Waals surface area contributed by atoms with E-state index < -0.39 is 0 Å². The molecular formula is C10H14O. The highest BCUT2D eigenvalue weighted by Gasteiger charge is 2.51. The van der Waals surface area contributed by atoms with Gasteiger partial charge in [-0.2, -0.15) is 0 Å². The lowest BCUT2D eigenvalue weighted by Gasteiger charge is -2.27. The van der Waals surface area contributed by atoms with Gasteiger partial charge in [0.2, 0.25) is 0 Å². The standard InChI is InChI=1S/C10H14O/c11-10-5-6-4-9(10)8-3-1-2-7(6)8/h1,3,6-11H,2,4-5H2/t6-,7-,8-,9-,10+/m0/s1. The predicted octanol–water partition coefficient (Wildman–Crippen LogP) is 1.58. The molecule has 3 aliphatic carbocycles. The van der Waals surface area contributed by atoms with Gasteiger partial charge >= 0.3 is 0 Å². The number of rotatable bonds is 0. The first-order valence-electron chi connectivity index (χ1n) is 4.71. The molecule has 60 valence electrons. The maximum atomic E-state index is 9.63. The van der Waals surface area contributed by atoms with Crippen molar-refractivity contribution in [1.82, 2.24) is 0 Å². The van der Waals surface area contributed by atoms with Crippen LogP contribution in [0, 0.1) is 23.7 Å². The molecule has 0 heterocycles. The summed E-state index contributed by atoms with van der Waals surface area (Å²) in [7, 11) is 0. The Bertz CT molecular complexity index is 209. The summed E-state index contributed by atoms with van der Waals surface area (Å²) in [6.45, 7) is 0. The van der Waals surface area contributed by atoms with E-state index in [4.69, 9.17) is 0 Å². The fourth-order valence-electron chi connectivity index (χ4n) is 3.51. The fourth-order valence-corrected chi connectivity index (χ4v) is 3.51. The van der Waals surface area contributed by atoms with Gasteiger partial charge in [0.15, 0.2) is 0 Å². The van der Waals surface area contributed by atoms with E-state index in [2.05, 4.69) is 12.2 Å². The van der Waals surface area contributed by atoms with Crippen LogP contribution in [-0.2, 0) is 0 Å². The average molecular weight is 150 g/mol. The molecule has 0 aromatic heterocycles. The zero-order valence-electron chi connectivity index (χ0n) is 6.61. The SMILES string of the molecule is O[C@@H]1C[C@@H]2C[C@H]1[C@H]1C=CC[C@@H]21. The molecular weight excluding hydrogens is 136 g/mol. The lowest BCUT2D eigenvalue weighted by molar-refractivity contribution is 0.0746. The van der Waals surface area contributed by atoms with E-state index in [9.17, 15) is 5.11 Å². The van der Waals surface area contributed by atoms with Crippen molar-refractivity contribution in [2.24, 2.45) is 23.7 Å². The molecule has 1 heteroatoms. The van der Waals surface area contributed by atoms with E-state index in [-0.39, 0.29) is 6.10 Å². The molecule has 3 aliphatic rings. The third-order valence-electron chi connectivity index (χ3n) is 3.97. The quantitative estimate of drug-likeness (QED) is 0.520. The Morgan fingerprint density at radius 1 is 1.18 bits per heavy atom. The molecule has 1 nitrogen and oxygen atoms in total. The minimum Gasteiger partial charge on any atom is -0.393 e. The Morgan fingerprint density at radius 3 is 3.00 bits per heavy atom. The van der Waals surface area contributed by atoms with Gasteiger partial charge in [-0.1, -0.05) is 12.2 Å². The second-order valence-electron chi connectivity index (χ2n) is 4.37. The number of fused-ring (bicyclic) bond motifs is 5. The van der Waals surface area contributed by atoms with Gasteiger partial charge in [0.1, 0.15) is 0 Å². The van der Waals surface area contributed by atoms with Crippen LogP contribution in [0.15, 0.2) is 12.2 Å². The van der Waals surface area contributed by atoms with E-state index in [1.165, 1.54) is 12.8 Å². The van der Waals surface area contributed by atoms with Gasteiger partial charge in [-0.15, -0.1) is 0 Å². The molecule has 0 aliphatic heterocycles. The molecule has 0 amide bonds. The van der Waals surface area contributed by atoms with E-state index in [1.54, 1.807) is 0 Å². The first-order chi connectivity index (χ1) is 5.36. The number of aliphatic hydroxyl groups excluding tert-OH is 1. The zero-order valence-corrected chi connectivity index (χ0v) is 6.61. The molecule has 5 atom stereocenters. The Labute approximate surface area is 67.1 Å². The van der Waals surface area contributed by atoms with Gasteiger partial charge in [0.05, 0.1) is 6.10 Å². The van der Waals surface area contributed by atoms with Crippen molar-refractivity contribution in [2.75, 3.05) is 0 Å². The van der Waals surface area contributed by atoms with Crippen molar-refractivity contribution in [3.63, 3.8) is 0 Å². The highest BCUT2D eigenvalue weighted by molar-refractivity contribution is 5.14. The first-order valence-corrected chi connectivity index (χ1v) is 4.71. The summed E-state index contributed by atoms with van der Waals surface area (Å²) >= 11 is 0. The Hall–Kier alpha value is -0.300. The lowest BCUT2D eigenvalue weighted by Crippen LogP contribution is -2.27. The van der Waals surface area contributed by atoms with E-state index in [1.807, 2.05) is 0 Å². The van der Waals surface area contributed by atoms with Crippen LogP contribution in [-0.4, -0.2) is 11.2 Å². The molecule has 0 radical (unpaired) electrons. The van der Waals surface area contributed by atoms with Crippen molar-refractivity contribution in [3.05, 3.63) is 12.2 Å². The molecule has 0 saturated heterocycles. The van der Waals surface area contributed by atoms with Crippen molar-refractivity contribution < 1.29 is 5.11 Å². The summed E-state index contributed by atoms with van der Waals surface area (Å²) in [5, 5.41) is 9.63. The Balaban J connectivity index is 1.94. The van der Waals surface area contributed by atoms with Crippen molar-refractivity contribution in [1.29, 1.82) is 0 Å². The summed E-state index contributed by atoms with van der Waals surface area (Å²) in [5.41, 5.74) is 0. The predicted molar refractivity (Wildman–Crippen MR) is 43.0 cm³/mol. The molecule has 2 bridgehead atoms.